The standard InChI is InChI=1S/C27H27F4N5O3/c28-22-14-19(6-7-20(22)17-8-10-36(11-9-17)26(38)39)34-25-33-15-21(27(29,30)31)24(35-25)18(13-23(32)37)12-16-4-2-1-3-5-16/h1-7,14-15,17-18H,8-13H2,(H2,32,37)(H,38,39)(H,33,34,35). The number of rotatable bonds is 8. The lowest BCUT2D eigenvalue weighted by Crippen LogP contribution is -2.36. The average Bonchev–Trinajstić information content (AvgIpc) is 2.88. The molecule has 0 spiro atoms. The van der Waals surface area contributed by atoms with Gasteiger partial charge in [0.25, 0.3) is 0 Å². The topological polar surface area (TPSA) is 121 Å². The van der Waals surface area contributed by atoms with Gasteiger partial charge in [0.2, 0.25) is 11.9 Å². The number of alkyl halides is 3. The van der Waals surface area contributed by atoms with Gasteiger partial charge in [-0.2, -0.15) is 13.2 Å². The van der Waals surface area contributed by atoms with Crippen molar-refractivity contribution in [2.24, 2.45) is 5.73 Å². The van der Waals surface area contributed by atoms with E-state index in [4.69, 9.17) is 10.8 Å². The van der Waals surface area contributed by atoms with Crippen molar-refractivity contribution >= 4 is 23.6 Å². The van der Waals surface area contributed by atoms with Crippen LogP contribution in [0.5, 0.6) is 0 Å². The average molecular weight is 546 g/mol. The van der Waals surface area contributed by atoms with E-state index in [0.29, 0.717) is 43.3 Å². The van der Waals surface area contributed by atoms with Crippen molar-refractivity contribution in [3.8, 4) is 0 Å². The molecule has 8 nitrogen and oxygen atoms in total. The number of nitrogens with one attached hydrogen (secondary N) is 1. The summed E-state index contributed by atoms with van der Waals surface area (Å²) in [4.78, 5) is 32.1. The van der Waals surface area contributed by atoms with Crippen molar-refractivity contribution in [2.45, 2.75) is 43.7 Å². The van der Waals surface area contributed by atoms with Crippen LogP contribution in [0.25, 0.3) is 0 Å². The zero-order valence-electron chi connectivity index (χ0n) is 20.8. The number of carboxylic acid groups (broad SMARTS) is 1. The van der Waals surface area contributed by atoms with Crippen LogP contribution in [0.2, 0.25) is 0 Å². The molecule has 1 aromatic heterocycles. The van der Waals surface area contributed by atoms with Crippen molar-refractivity contribution in [3.63, 3.8) is 0 Å². The second-order valence-corrected chi connectivity index (χ2v) is 9.45. The van der Waals surface area contributed by atoms with Gasteiger partial charge in [-0.05, 0) is 48.4 Å². The van der Waals surface area contributed by atoms with Crippen LogP contribution in [-0.2, 0) is 17.4 Å². The van der Waals surface area contributed by atoms with Crippen LogP contribution in [0.1, 0.15) is 53.5 Å². The quantitative estimate of drug-likeness (QED) is 0.324. The van der Waals surface area contributed by atoms with Crippen LogP contribution in [0.4, 0.5) is 34.0 Å². The van der Waals surface area contributed by atoms with E-state index in [1.165, 1.54) is 11.0 Å². The minimum Gasteiger partial charge on any atom is -0.465 e. The van der Waals surface area contributed by atoms with Gasteiger partial charge in [-0.25, -0.2) is 19.2 Å². The second kappa shape index (κ2) is 11.7. The second-order valence-electron chi connectivity index (χ2n) is 9.45. The highest BCUT2D eigenvalue weighted by molar-refractivity contribution is 5.75. The van der Waals surface area contributed by atoms with Crippen molar-refractivity contribution in [1.29, 1.82) is 0 Å². The first-order valence-corrected chi connectivity index (χ1v) is 12.3. The summed E-state index contributed by atoms with van der Waals surface area (Å²) in [6.07, 6.45) is -4.46. The first-order valence-electron chi connectivity index (χ1n) is 12.3. The Hall–Kier alpha value is -4.22. The lowest BCUT2D eigenvalue weighted by molar-refractivity contribution is -0.139. The third-order valence-corrected chi connectivity index (χ3v) is 6.74. The summed E-state index contributed by atoms with van der Waals surface area (Å²) in [5, 5.41) is 11.9. The number of aromatic nitrogens is 2. The van der Waals surface area contributed by atoms with E-state index >= 15 is 0 Å². The molecular formula is C27H27F4N5O3. The molecule has 1 aliphatic rings. The smallest absolute Gasteiger partial charge is 0.419 e. The number of nitrogens with zero attached hydrogens (tertiary/aromatic N) is 3. The monoisotopic (exact) mass is 545 g/mol. The summed E-state index contributed by atoms with van der Waals surface area (Å²) in [6.45, 7) is 0.605. The lowest BCUT2D eigenvalue weighted by Gasteiger charge is -2.30. The van der Waals surface area contributed by atoms with Crippen molar-refractivity contribution in [3.05, 3.63) is 82.9 Å². The molecule has 1 fully saturated rings. The Morgan fingerprint density at radius 2 is 1.82 bits per heavy atom. The first kappa shape index (κ1) is 27.8. The number of benzene rings is 2. The Morgan fingerprint density at radius 3 is 2.41 bits per heavy atom. The van der Waals surface area contributed by atoms with E-state index in [9.17, 15) is 27.2 Å². The molecule has 2 amide bonds. The van der Waals surface area contributed by atoms with Gasteiger partial charge in [0.05, 0.1) is 11.3 Å². The number of carbonyl (C=O) groups excluding carboxylic acids is 1. The SMILES string of the molecule is NC(=O)CC(Cc1ccccc1)c1nc(Nc2ccc(C3CCN(C(=O)O)CC3)c(F)c2)ncc1C(F)(F)F. The molecule has 0 radical (unpaired) electrons. The molecule has 3 aromatic rings. The summed E-state index contributed by atoms with van der Waals surface area (Å²) in [5.41, 5.74) is 5.26. The van der Waals surface area contributed by atoms with Crippen LogP contribution in [0.3, 0.4) is 0 Å². The number of likely N-dealkylation sites (tertiary alicyclic amines) is 1. The molecule has 4 rings (SSSR count). The van der Waals surface area contributed by atoms with Crippen LogP contribution in [-0.4, -0.2) is 45.1 Å². The van der Waals surface area contributed by atoms with E-state index in [1.54, 1.807) is 42.5 Å². The Labute approximate surface area is 221 Å². The highest BCUT2D eigenvalue weighted by atomic mass is 19.4. The summed E-state index contributed by atoms with van der Waals surface area (Å²) in [7, 11) is 0. The molecule has 2 aromatic carbocycles. The van der Waals surface area contributed by atoms with Crippen molar-refractivity contribution in [2.75, 3.05) is 18.4 Å². The van der Waals surface area contributed by atoms with Gasteiger partial charge in [0.1, 0.15) is 5.82 Å². The van der Waals surface area contributed by atoms with E-state index in [1.807, 2.05) is 0 Å². The van der Waals surface area contributed by atoms with Crippen LogP contribution in [0.15, 0.2) is 54.7 Å². The van der Waals surface area contributed by atoms with Crippen molar-refractivity contribution < 1.29 is 32.3 Å². The molecule has 1 aliphatic heterocycles. The molecule has 1 saturated heterocycles. The Kier molecular flexibility index (Phi) is 8.32. The maximum absolute atomic E-state index is 15.0. The lowest BCUT2D eigenvalue weighted by atomic mass is 9.89. The Balaban J connectivity index is 1.60. The fraction of sp³-hybridized carbons (Fsp3) is 0.333. The number of anilines is 2. The Bertz CT molecular complexity index is 1330. The van der Waals surface area contributed by atoms with Gasteiger partial charge < -0.3 is 21.1 Å². The number of piperidine rings is 1. The van der Waals surface area contributed by atoms with E-state index < -0.39 is 35.5 Å². The zero-order valence-corrected chi connectivity index (χ0v) is 20.8. The van der Waals surface area contributed by atoms with Gasteiger partial charge in [0.15, 0.2) is 0 Å². The third-order valence-electron chi connectivity index (χ3n) is 6.74. The molecule has 2 heterocycles. The summed E-state index contributed by atoms with van der Waals surface area (Å²) >= 11 is 0. The molecule has 1 unspecified atom stereocenters. The summed E-state index contributed by atoms with van der Waals surface area (Å²) < 4.78 is 56.6. The minimum atomic E-state index is -4.77. The summed E-state index contributed by atoms with van der Waals surface area (Å²) in [6, 6.07) is 13.0. The molecule has 0 bridgehead atoms. The Morgan fingerprint density at radius 1 is 1.13 bits per heavy atom. The fourth-order valence-corrected chi connectivity index (χ4v) is 4.84. The predicted octanol–water partition coefficient (Wildman–Crippen LogP) is 5.44. The molecule has 0 saturated carbocycles. The highest BCUT2D eigenvalue weighted by Gasteiger charge is 2.37. The van der Waals surface area contributed by atoms with Gasteiger partial charge in [0, 0.05) is 37.3 Å². The van der Waals surface area contributed by atoms with E-state index in [2.05, 4.69) is 15.3 Å². The van der Waals surface area contributed by atoms with Crippen LogP contribution < -0.4 is 11.1 Å². The number of carbonyl (C=O) groups is 2. The van der Waals surface area contributed by atoms with Crippen molar-refractivity contribution in [1.82, 2.24) is 14.9 Å². The molecule has 12 heteroatoms. The number of hydrogen-bond donors (Lipinski definition) is 3. The first-order chi connectivity index (χ1) is 18.5. The maximum atomic E-state index is 15.0. The number of hydrogen-bond acceptors (Lipinski definition) is 5. The molecule has 0 aliphatic carbocycles. The predicted molar refractivity (Wildman–Crippen MR) is 135 cm³/mol. The normalized spacial score (nSPS) is 15.1. The molecule has 206 valence electrons. The molecule has 39 heavy (non-hydrogen) atoms. The fourth-order valence-electron chi connectivity index (χ4n) is 4.84. The van der Waals surface area contributed by atoms with Gasteiger partial charge in [-0.3, -0.25) is 4.79 Å². The third kappa shape index (κ3) is 7.01. The van der Waals surface area contributed by atoms with Gasteiger partial charge >= 0.3 is 12.3 Å². The largest absolute Gasteiger partial charge is 0.465 e. The zero-order chi connectivity index (χ0) is 28.2. The summed E-state index contributed by atoms with van der Waals surface area (Å²) in [5.74, 6) is -2.62. The van der Waals surface area contributed by atoms with E-state index in [0.717, 1.165) is 0 Å². The molecule has 1 atom stereocenters. The molecule has 4 N–H and O–H groups in total. The minimum absolute atomic E-state index is 0.0906. The number of halogens is 4. The number of primary amides is 1. The maximum Gasteiger partial charge on any atom is 0.419 e. The van der Waals surface area contributed by atoms with Gasteiger partial charge in [-0.15, -0.1) is 0 Å². The highest BCUT2D eigenvalue weighted by Crippen LogP contribution is 2.37. The van der Waals surface area contributed by atoms with E-state index in [-0.39, 0.29) is 36.1 Å². The number of nitrogens with two attached hydrogens (primary N) is 1. The van der Waals surface area contributed by atoms with Gasteiger partial charge in [-0.1, -0.05) is 36.4 Å². The van der Waals surface area contributed by atoms with Crippen LogP contribution in [0, 0.1) is 5.82 Å². The molecular weight excluding hydrogens is 518 g/mol. The number of amides is 2. The van der Waals surface area contributed by atoms with Crippen LogP contribution >= 0.6 is 0 Å².